The van der Waals surface area contributed by atoms with Gasteiger partial charge in [-0.05, 0) is 37.3 Å². The number of fused-ring (bicyclic) bond motifs is 2. The third-order valence-corrected chi connectivity index (χ3v) is 4.07. The molecule has 4 nitrogen and oxygen atoms in total. The normalized spacial score (nSPS) is 25.7. The molecule has 2 bridgehead atoms. The number of hydrogen-bond acceptors (Lipinski definition) is 3. The van der Waals surface area contributed by atoms with Gasteiger partial charge < -0.3 is 15.7 Å². The van der Waals surface area contributed by atoms with Crippen LogP contribution >= 0.6 is 0 Å². The molecule has 3 rings (SSSR count). The van der Waals surface area contributed by atoms with Crippen LogP contribution < -0.4 is 10.6 Å². The number of rotatable bonds is 2. The summed E-state index contributed by atoms with van der Waals surface area (Å²) in [5, 5.41) is 9.03. The van der Waals surface area contributed by atoms with Gasteiger partial charge in [0.2, 0.25) is 0 Å². The largest absolute Gasteiger partial charge is 0.478 e. The number of carboxylic acid groups (broad SMARTS) is 1. The van der Waals surface area contributed by atoms with Gasteiger partial charge in [0, 0.05) is 18.3 Å². The van der Waals surface area contributed by atoms with Crippen LogP contribution in [0, 0.1) is 11.7 Å². The van der Waals surface area contributed by atoms with E-state index in [4.69, 9.17) is 10.8 Å². The van der Waals surface area contributed by atoms with Crippen molar-refractivity contribution in [2.45, 2.75) is 25.3 Å². The van der Waals surface area contributed by atoms with Crippen molar-refractivity contribution >= 4 is 17.3 Å². The predicted molar refractivity (Wildman–Crippen MR) is 66.2 cm³/mol. The third-order valence-electron chi connectivity index (χ3n) is 4.07. The van der Waals surface area contributed by atoms with Gasteiger partial charge in [-0.1, -0.05) is 0 Å². The van der Waals surface area contributed by atoms with Crippen LogP contribution in [0.2, 0.25) is 0 Å². The summed E-state index contributed by atoms with van der Waals surface area (Å²) in [6.07, 6.45) is 3.35. The number of benzene rings is 1. The molecular formula is C13H15FN2O2. The summed E-state index contributed by atoms with van der Waals surface area (Å²) in [7, 11) is 0. The second-order valence-electron chi connectivity index (χ2n) is 5.18. The van der Waals surface area contributed by atoms with Gasteiger partial charge in [-0.15, -0.1) is 0 Å². The molecule has 1 saturated carbocycles. The molecule has 2 atom stereocenters. The minimum atomic E-state index is -1.11. The summed E-state index contributed by atoms with van der Waals surface area (Å²) in [5.41, 5.74) is 5.87. The zero-order valence-electron chi connectivity index (χ0n) is 9.90. The number of carbonyl (C=O) groups is 1. The predicted octanol–water partition coefficient (Wildman–Crippen LogP) is 2.09. The van der Waals surface area contributed by atoms with Crippen LogP contribution in [0.1, 0.15) is 29.6 Å². The Labute approximate surface area is 104 Å². The standard InChI is InChI=1S/C13H15FN2O2/c14-10-5-11(15)9(13(17)18)4-12(10)16-6-7-1-2-8(16)3-7/h4-5,7-8H,1-3,6,15H2,(H,17,18)/t7-,8-/m0/s1. The Bertz CT molecular complexity index is 518. The van der Waals surface area contributed by atoms with Gasteiger partial charge in [-0.25, -0.2) is 9.18 Å². The Hall–Kier alpha value is -1.78. The average Bonchev–Trinajstić information content (AvgIpc) is 2.90. The van der Waals surface area contributed by atoms with E-state index in [9.17, 15) is 9.18 Å². The highest BCUT2D eigenvalue weighted by atomic mass is 19.1. The van der Waals surface area contributed by atoms with Crippen molar-refractivity contribution < 1.29 is 14.3 Å². The van der Waals surface area contributed by atoms with E-state index in [0.717, 1.165) is 25.5 Å². The number of nitrogen functional groups attached to an aromatic ring is 1. The molecule has 5 heteroatoms. The molecule has 1 heterocycles. The fourth-order valence-electron chi connectivity index (χ4n) is 3.20. The van der Waals surface area contributed by atoms with Crippen molar-refractivity contribution in [1.29, 1.82) is 0 Å². The van der Waals surface area contributed by atoms with Crippen molar-refractivity contribution in [3.05, 3.63) is 23.5 Å². The summed E-state index contributed by atoms with van der Waals surface area (Å²) >= 11 is 0. The molecule has 18 heavy (non-hydrogen) atoms. The van der Waals surface area contributed by atoms with Gasteiger partial charge in [0.05, 0.1) is 11.3 Å². The lowest BCUT2D eigenvalue weighted by Gasteiger charge is -2.29. The van der Waals surface area contributed by atoms with Crippen LogP contribution in [0.15, 0.2) is 12.1 Å². The Morgan fingerprint density at radius 2 is 2.22 bits per heavy atom. The van der Waals surface area contributed by atoms with Crippen LogP contribution in [0.4, 0.5) is 15.8 Å². The van der Waals surface area contributed by atoms with Crippen LogP contribution in [-0.2, 0) is 0 Å². The summed E-state index contributed by atoms with van der Waals surface area (Å²) in [5.74, 6) is -0.914. The SMILES string of the molecule is Nc1cc(F)c(N2C[C@H]3CC[C@H]2C3)cc1C(=O)O. The lowest BCUT2D eigenvalue weighted by atomic mass is 10.1. The molecule has 1 aromatic carbocycles. The Balaban J connectivity index is 2.01. The molecule has 2 fully saturated rings. The number of nitrogens with zero attached hydrogens (tertiary/aromatic N) is 1. The number of halogens is 1. The second-order valence-corrected chi connectivity index (χ2v) is 5.18. The van der Waals surface area contributed by atoms with E-state index < -0.39 is 11.8 Å². The maximum atomic E-state index is 14.0. The van der Waals surface area contributed by atoms with E-state index in [2.05, 4.69) is 0 Å². The molecule has 0 spiro atoms. The van der Waals surface area contributed by atoms with Gasteiger partial charge in [-0.3, -0.25) is 0 Å². The highest BCUT2D eigenvalue weighted by Crippen LogP contribution is 2.41. The summed E-state index contributed by atoms with van der Waals surface area (Å²) in [6, 6.07) is 2.84. The quantitative estimate of drug-likeness (QED) is 0.789. The van der Waals surface area contributed by atoms with Crippen molar-refractivity contribution in [3.63, 3.8) is 0 Å². The molecular weight excluding hydrogens is 235 g/mol. The van der Waals surface area contributed by atoms with Crippen LogP contribution in [0.3, 0.4) is 0 Å². The van der Waals surface area contributed by atoms with Crippen molar-refractivity contribution in [2.75, 3.05) is 17.2 Å². The lowest BCUT2D eigenvalue weighted by Crippen LogP contribution is -2.32. The molecule has 2 aliphatic rings. The van der Waals surface area contributed by atoms with Crippen LogP contribution in [0.5, 0.6) is 0 Å². The average molecular weight is 250 g/mol. The highest BCUT2D eigenvalue weighted by Gasteiger charge is 2.39. The lowest BCUT2D eigenvalue weighted by molar-refractivity contribution is 0.0698. The maximum Gasteiger partial charge on any atom is 0.337 e. The molecule has 0 aromatic heterocycles. The molecule has 0 amide bonds. The summed E-state index contributed by atoms with van der Waals surface area (Å²) in [6.45, 7) is 0.824. The van der Waals surface area contributed by atoms with Crippen LogP contribution in [0.25, 0.3) is 0 Å². The van der Waals surface area contributed by atoms with E-state index in [1.165, 1.54) is 12.5 Å². The fourth-order valence-corrected chi connectivity index (χ4v) is 3.20. The first-order chi connectivity index (χ1) is 8.56. The molecule has 1 saturated heterocycles. The maximum absolute atomic E-state index is 14.0. The van der Waals surface area contributed by atoms with Gasteiger partial charge in [0.25, 0.3) is 0 Å². The number of hydrogen-bond donors (Lipinski definition) is 2. The molecule has 3 N–H and O–H groups in total. The zero-order valence-corrected chi connectivity index (χ0v) is 9.90. The first-order valence-electron chi connectivity index (χ1n) is 6.15. The number of piperidine rings is 1. The molecule has 1 aliphatic heterocycles. The van der Waals surface area contributed by atoms with E-state index >= 15 is 0 Å². The topological polar surface area (TPSA) is 66.6 Å². The minimum Gasteiger partial charge on any atom is -0.478 e. The zero-order chi connectivity index (χ0) is 12.9. The van der Waals surface area contributed by atoms with Gasteiger partial charge >= 0.3 is 5.97 Å². The fraction of sp³-hybridized carbons (Fsp3) is 0.462. The number of anilines is 2. The van der Waals surface area contributed by atoms with E-state index in [1.54, 1.807) is 0 Å². The molecule has 96 valence electrons. The van der Waals surface area contributed by atoms with Crippen molar-refractivity contribution in [1.82, 2.24) is 0 Å². The van der Waals surface area contributed by atoms with Gasteiger partial charge in [-0.2, -0.15) is 0 Å². The molecule has 1 aliphatic carbocycles. The van der Waals surface area contributed by atoms with Gasteiger partial charge in [0.1, 0.15) is 5.82 Å². The van der Waals surface area contributed by atoms with E-state index in [0.29, 0.717) is 17.6 Å². The third kappa shape index (κ3) is 1.62. The number of carboxylic acids is 1. The van der Waals surface area contributed by atoms with Crippen LogP contribution in [-0.4, -0.2) is 23.7 Å². The molecule has 1 aromatic rings. The molecule has 0 radical (unpaired) electrons. The number of nitrogens with two attached hydrogens (primary N) is 1. The van der Waals surface area contributed by atoms with Crippen molar-refractivity contribution in [3.8, 4) is 0 Å². The summed E-state index contributed by atoms with van der Waals surface area (Å²) in [4.78, 5) is 13.0. The second kappa shape index (κ2) is 3.86. The first-order valence-corrected chi connectivity index (χ1v) is 6.15. The first kappa shape index (κ1) is 11.3. The monoisotopic (exact) mass is 250 g/mol. The smallest absolute Gasteiger partial charge is 0.337 e. The summed E-state index contributed by atoms with van der Waals surface area (Å²) < 4.78 is 14.0. The highest BCUT2D eigenvalue weighted by molar-refractivity contribution is 5.95. The van der Waals surface area contributed by atoms with E-state index in [1.807, 2.05) is 4.90 Å². The molecule has 0 unspecified atom stereocenters. The van der Waals surface area contributed by atoms with E-state index in [-0.39, 0.29) is 11.3 Å². The Morgan fingerprint density at radius 3 is 2.78 bits per heavy atom. The Kier molecular flexibility index (Phi) is 2.43. The Morgan fingerprint density at radius 1 is 1.44 bits per heavy atom. The number of aromatic carboxylic acids is 1. The van der Waals surface area contributed by atoms with Gasteiger partial charge in [0.15, 0.2) is 0 Å². The van der Waals surface area contributed by atoms with Crippen molar-refractivity contribution in [2.24, 2.45) is 5.92 Å². The minimum absolute atomic E-state index is 0.0193.